The van der Waals surface area contributed by atoms with Crippen molar-refractivity contribution in [2.45, 2.75) is 45.8 Å². The van der Waals surface area contributed by atoms with Crippen molar-refractivity contribution < 1.29 is 19.0 Å². The molecule has 2 amide bonds. The molecule has 2 rings (SSSR count). The van der Waals surface area contributed by atoms with Gasteiger partial charge in [0.1, 0.15) is 11.5 Å². The molecule has 134 valence electrons. The van der Waals surface area contributed by atoms with Gasteiger partial charge in [-0.2, -0.15) is 0 Å². The van der Waals surface area contributed by atoms with Crippen LogP contribution in [0.5, 0.6) is 11.5 Å². The van der Waals surface area contributed by atoms with Gasteiger partial charge in [-0.1, -0.05) is 0 Å². The first-order valence-electron chi connectivity index (χ1n) is 8.55. The summed E-state index contributed by atoms with van der Waals surface area (Å²) in [5.41, 5.74) is 0.617. The Bertz CT molecular complexity index is 546. The number of hydrogen-bond donors (Lipinski definition) is 1. The fourth-order valence-corrected chi connectivity index (χ4v) is 2.78. The number of nitrogens with one attached hydrogen (secondary N) is 1. The number of amides is 2. The Morgan fingerprint density at radius 3 is 2.88 bits per heavy atom. The topological polar surface area (TPSA) is 60.0 Å². The SMILES string of the molecule is CCO[C@@H]1CCCN(C(=O)Nc2cc(OC)ccc2OC(C)C)C1. The van der Waals surface area contributed by atoms with Gasteiger partial charge in [-0.3, -0.25) is 0 Å². The summed E-state index contributed by atoms with van der Waals surface area (Å²) >= 11 is 0. The Morgan fingerprint density at radius 1 is 1.42 bits per heavy atom. The first kappa shape index (κ1) is 18.4. The normalized spacial score (nSPS) is 17.7. The number of likely N-dealkylation sites (tertiary alicyclic amines) is 1. The summed E-state index contributed by atoms with van der Waals surface area (Å²) < 4.78 is 16.7. The summed E-state index contributed by atoms with van der Waals surface area (Å²) in [5, 5.41) is 2.95. The number of rotatable bonds is 6. The lowest BCUT2D eigenvalue weighted by Crippen LogP contribution is -2.45. The highest BCUT2D eigenvalue weighted by Gasteiger charge is 2.24. The summed E-state index contributed by atoms with van der Waals surface area (Å²) in [4.78, 5) is 14.4. The average molecular weight is 336 g/mol. The molecule has 1 aliphatic rings. The Kier molecular flexibility index (Phi) is 6.73. The number of benzene rings is 1. The van der Waals surface area contributed by atoms with E-state index in [0.717, 1.165) is 19.4 Å². The van der Waals surface area contributed by atoms with Crippen LogP contribution >= 0.6 is 0 Å². The van der Waals surface area contributed by atoms with Crippen molar-refractivity contribution in [2.75, 3.05) is 32.1 Å². The third-order valence-electron chi connectivity index (χ3n) is 3.86. The van der Waals surface area contributed by atoms with Crippen LogP contribution in [0.3, 0.4) is 0 Å². The van der Waals surface area contributed by atoms with Crippen LogP contribution in [0.25, 0.3) is 0 Å². The van der Waals surface area contributed by atoms with Crippen molar-refractivity contribution in [1.82, 2.24) is 4.90 Å². The number of piperidine rings is 1. The second-order valence-electron chi connectivity index (χ2n) is 6.12. The Hall–Kier alpha value is -1.95. The predicted octanol–water partition coefficient (Wildman–Crippen LogP) is 3.52. The highest BCUT2D eigenvalue weighted by molar-refractivity contribution is 5.91. The number of carbonyl (C=O) groups is 1. The number of ether oxygens (including phenoxy) is 3. The Morgan fingerprint density at radius 2 is 2.21 bits per heavy atom. The smallest absolute Gasteiger partial charge is 0.322 e. The van der Waals surface area contributed by atoms with Crippen LogP contribution in [0.4, 0.5) is 10.5 Å². The number of carbonyl (C=O) groups excluding carboxylic acids is 1. The van der Waals surface area contributed by atoms with Crippen LogP contribution in [0, 0.1) is 0 Å². The van der Waals surface area contributed by atoms with Crippen LogP contribution < -0.4 is 14.8 Å². The van der Waals surface area contributed by atoms with Gasteiger partial charge < -0.3 is 24.4 Å². The van der Waals surface area contributed by atoms with Crippen molar-refractivity contribution in [3.05, 3.63) is 18.2 Å². The van der Waals surface area contributed by atoms with Gasteiger partial charge >= 0.3 is 6.03 Å². The second-order valence-corrected chi connectivity index (χ2v) is 6.12. The van der Waals surface area contributed by atoms with Crippen LogP contribution in [-0.2, 0) is 4.74 Å². The maximum atomic E-state index is 12.6. The van der Waals surface area contributed by atoms with E-state index in [4.69, 9.17) is 14.2 Å². The molecule has 0 saturated carbocycles. The van der Waals surface area contributed by atoms with Crippen LogP contribution in [-0.4, -0.2) is 49.9 Å². The van der Waals surface area contributed by atoms with E-state index in [0.29, 0.717) is 30.3 Å². The minimum atomic E-state index is -0.138. The van der Waals surface area contributed by atoms with Gasteiger partial charge in [-0.05, 0) is 45.7 Å². The van der Waals surface area contributed by atoms with Gasteiger partial charge in [0.25, 0.3) is 0 Å². The van der Waals surface area contributed by atoms with Gasteiger partial charge in [0.2, 0.25) is 0 Å². The fourth-order valence-electron chi connectivity index (χ4n) is 2.78. The van der Waals surface area contributed by atoms with Crippen molar-refractivity contribution in [3.8, 4) is 11.5 Å². The lowest BCUT2D eigenvalue weighted by Gasteiger charge is -2.32. The molecule has 6 nitrogen and oxygen atoms in total. The van der Waals surface area contributed by atoms with E-state index in [1.165, 1.54) is 0 Å². The molecule has 0 bridgehead atoms. The summed E-state index contributed by atoms with van der Waals surface area (Å²) in [6, 6.07) is 5.27. The zero-order valence-corrected chi connectivity index (χ0v) is 15.0. The fraction of sp³-hybridized carbons (Fsp3) is 0.611. The molecule has 1 aromatic rings. The van der Waals surface area contributed by atoms with Gasteiger partial charge in [0.15, 0.2) is 0 Å². The molecule has 1 aromatic carbocycles. The Balaban J connectivity index is 2.09. The molecule has 0 spiro atoms. The molecule has 1 fully saturated rings. The summed E-state index contributed by atoms with van der Waals surface area (Å²) in [6.45, 7) is 7.90. The van der Waals surface area contributed by atoms with E-state index in [-0.39, 0.29) is 18.2 Å². The minimum absolute atomic E-state index is 0.0198. The maximum Gasteiger partial charge on any atom is 0.322 e. The molecule has 1 N–H and O–H groups in total. The highest BCUT2D eigenvalue weighted by atomic mass is 16.5. The van der Waals surface area contributed by atoms with E-state index < -0.39 is 0 Å². The van der Waals surface area contributed by atoms with E-state index in [9.17, 15) is 4.79 Å². The molecule has 0 unspecified atom stereocenters. The molecule has 1 heterocycles. The number of anilines is 1. The molecular formula is C18H28N2O4. The number of nitrogens with zero attached hydrogens (tertiary/aromatic N) is 1. The molecule has 24 heavy (non-hydrogen) atoms. The number of hydrogen-bond acceptors (Lipinski definition) is 4. The zero-order valence-electron chi connectivity index (χ0n) is 15.0. The minimum Gasteiger partial charge on any atom is -0.497 e. The summed E-state index contributed by atoms with van der Waals surface area (Å²) in [5.74, 6) is 1.31. The third kappa shape index (κ3) is 5.03. The van der Waals surface area contributed by atoms with Gasteiger partial charge in [-0.25, -0.2) is 4.79 Å². The average Bonchev–Trinajstić information content (AvgIpc) is 2.56. The first-order chi connectivity index (χ1) is 11.5. The van der Waals surface area contributed by atoms with E-state index in [1.807, 2.05) is 32.9 Å². The first-order valence-corrected chi connectivity index (χ1v) is 8.55. The summed E-state index contributed by atoms with van der Waals surface area (Å²) in [7, 11) is 1.60. The lowest BCUT2D eigenvalue weighted by molar-refractivity contribution is 0.0181. The van der Waals surface area contributed by atoms with Crippen molar-refractivity contribution >= 4 is 11.7 Å². The summed E-state index contributed by atoms with van der Waals surface area (Å²) in [6.07, 6.45) is 2.09. The third-order valence-corrected chi connectivity index (χ3v) is 3.86. The molecular weight excluding hydrogens is 308 g/mol. The van der Waals surface area contributed by atoms with Crippen molar-refractivity contribution in [3.63, 3.8) is 0 Å². The van der Waals surface area contributed by atoms with E-state index in [2.05, 4.69) is 5.32 Å². The molecule has 6 heteroatoms. The molecule has 0 radical (unpaired) electrons. The van der Waals surface area contributed by atoms with Gasteiger partial charge in [0, 0.05) is 25.8 Å². The quantitative estimate of drug-likeness (QED) is 0.863. The van der Waals surface area contributed by atoms with Crippen LogP contribution in [0.2, 0.25) is 0 Å². The molecule has 1 aliphatic heterocycles. The second kappa shape index (κ2) is 8.78. The standard InChI is InChI=1S/C18H28N2O4/c1-5-23-15-7-6-10-20(12-15)18(21)19-16-11-14(22-4)8-9-17(16)24-13(2)3/h8-9,11,13,15H,5-7,10,12H2,1-4H3,(H,19,21)/t15-/m1/s1. The van der Waals surface area contributed by atoms with E-state index in [1.54, 1.807) is 18.1 Å². The number of methoxy groups -OCH3 is 1. The largest absolute Gasteiger partial charge is 0.497 e. The molecule has 0 aliphatic carbocycles. The van der Waals surface area contributed by atoms with Crippen molar-refractivity contribution in [2.24, 2.45) is 0 Å². The van der Waals surface area contributed by atoms with Gasteiger partial charge in [0.05, 0.1) is 25.0 Å². The lowest BCUT2D eigenvalue weighted by atomic mass is 10.1. The van der Waals surface area contributed by atoms with Crippen LogP contribution in [0.1, 0.15) is 33.6 Å². The highest BCUT2D eigenvalue weighted by Crippen LogP contribution is 2.30. The maximum absolute atomic E-state index is 12.6. The predicted molar refractivity (Wildman–Crippen MR) is 94.0 cm³/mol. The molecule has 0 aromatic heterocycles. The van der Waals surface area contributed by atoms with Crippen molar-refractivity contribution in [1.29, 1.82) is 0 Å². The van der Waals surface area contributed by atoms with E-state index >= 15 is 0 Å². The molecule has 1 saturated heterocycles. The zero-order chi connectivity index (χ0) is 17.5. The Labute approximate surface area is 144 Å². The molecule has 1 atom stereocenters. The van der Waals surface area contributed by atoms with Crippen LogP contribution in [0.15, 0.2) is 18.2 Å². The monoisotopic (exact) mass is 336 g/mol. The van der Waals surface area contributed by atoms with Gasteiger partial charge in [-0.15, -0.1) is 0 Å². The number of urea groups is 1.